The first kappa shape index (κ1) is 20.7. The number of amides is 1. The van der Waals surface area contributed by atoms with Gasteiger partial charge in [-0.15, -0.1) is 0 Å². The minimum Gasteiger partial charge on any atom is -0.495 e. The molecule has 0 saturated heterocycles. The molecule has 0 spiro atoms. The van der Waals surface area contributed by atoms with Gasteiger partial charge in [0.15, 0.2) is 0 Å². The van der Waals surface area contributed by atoms with Crippen LogP contribution in [0.1, 0.15) is 23.7 Å². The summed E-state index contributed by atoms with van der Waals surface area (Å²) in [5, 5.41) is 5.98. The van der Waals surface area contributed by atoms with Gasteiger partial charge >= 0.3 is 0 Å². The van der Waals surface area contributed by atoms with E-state index in [0.29, 0.717) is 30.1 Å². The summed E-state index contributed by atoms with van der Waals surface area (Å²) in [5.74, 6) is 0.184. The van der Waals surface area contributed by atoms with Gasteiger partial charge in [-0.1, -0.05) is 19.1 Å². The zero-order valence-corrected chi connectivity index (χ0v) is 16.3. The number of methoxy groups -OCH3 is 1. The molecule has 7 nitrogen and oxygen atoms in total. The van der Waals surface area contributed by atoms with Crippen LogP contribution >= 0.6 is 0 Å². The van der Waals surface area contributed by atoms with E-state index in [1.807, 2.05) is 0 Å². The highest BCUT2D eigenvalue weighted by Gasteiger charge is 2.17. The molecule has 2 aromatic rings. The number of hydrogen-bond donors (Lipinski definition) is 3. The predicted molar refractivity (Wildman–Crippen MR) is 106 cm³/mol. The van der Waals surface area contributed by atoms with Gasteiger partial charge < -0.3 is 15.4 Å². The standard InChI is InChI=1S/C19H25N3O4S/c1-3-12-20-13-14-21-19(23)15-8-10-16(11-9-15)27(24,25)22-17-6-4-5-7-18(17)26-2/h4-11,20,22H,3,12-14H2,1-2H3,(H,21,23). The first-order valence-electron chi connectivity index (χ1n) is 8.72. The third-order valence-electron chi connectivity index (χ3n) is 3.79. The monoisotopic (exact) mass is 391 g/mol. The minimum absolute atomic E-state index is 0.0644. The quantitative estimate of drug-likeness (QED) is 0.540. The van der Waals surface area contributed by atoms with Crippen LogP contribution < -0.4 is 20.1 Å². The molecule has 2 aromatic carbocycles. The second kappa shape index (κ2) is 9.94. The molecule has 0 atom stereocenters. The Morgan fingerprint density at radius 2 is 1.70 bits per heavy atom. The number of benzene rings is 2. The number of hydrogen-bond acceptors (Lipinski definition) is 5. The van der Waals surface area contributed by atoms with E-state index in [9.17, 15) is 13.2 Å². The molecular weight excluding hydrogens is 366 g/mol. The third-order valence-corrected chi connectivity index (χ3v) is 5.17. The van der Waals surface area contributed by atoms with Gasteiger partial charge in [0.1, 0.15) is 5.75 Å². The molecule has 0 bridgehead atoms. The van der Waals surface area contributed by atoms with Gasteiger partial charge in [0.05, 0.1) is 17.7 Å². The average Bonchev–Trinajstić information content (AvgIpc) is 2.68. The van der Waals surface area contributed by atoms with Gasteiger partial charge in [0, 0.05) is 18.7 Å². The van der Waals surface area contributed by atoms with Crippen molar-refractivity contribution in [3.63, 3.8) is 0 Å². The van der Waals surface area contributed by atoms with Crippen molar-refractivity contribution in [3.8, 4) is 5.75 Å². The van der Waals surface area contributed by atoms with Crippen LogP contribution in [0.4, 0.5) is 5.69 Å². The maximum absolute atomic E-state index is 12.5. The lowest BCUT2D eigenvalue weighted by atomic mass is 10.2. The van der Waals surface area contributed by atoms with Crippen LogP contribution in [0.3, 0.4) is 0 Å². The molecule has 0 radical (unpaired) electrons. The molecular formula is C19H25N3O4S. The first-order valence-corrected chi connectivity index (χ1v) is 10.2. The molecule has 8 heteroatoms. The average molecular weight is 391 g/mol. The van der Waals surface area contributed by atoms with Crippen molar-refractivity contribution in [1.29, 1.82) is 0 Å². The van der Waals surface area contributed by atoms with Gasteiger partial charge in [0.2, 0.25) is 0 Å². The number of nitrogens with one attached hydrogen (secondary N) is 3. The van der Waals surface area contributed by atoms with Crippen LogP contribution in [0.15, 0.2) is 53.4 Å². The summed E-state index contributed by atoms with van der Waals surface area (Å²) in [4.78, 5) is 12.2. The number of carbonyl (C=O) groups is 1. The number of para-hydroxylation sites is 2. The first-order chi connectivity index (χ1) is 13.0. The molecule has 3 N–H and O–H groups in total. The molecule has 0 aliphatic carbocycles. The fourth-order valence-corrected chi connectivity index (χ4v) is 3.46. The highest BCUT2D eigenvalue weighted by atomic mass is 32.2. The van der Waals surface area contributed by atoms with E-state index in [4.69, 9.17) is 4.74 Å². The van der Waals surface area contributed by atoms with Crippen LogP contribution in [-0.2, 0) is 10.0 Å². The summed E-state index contributed by atoms with van der Waals surface area (Å²) >= 11 is 0. The second-order valence-electron chi connectivity index (χ2n) is 5.84. The molecule has 0 heterocycles. The maximum atomic E-state index is 12.5. The van der Waals surface area contributed by atoms with Gasteiger partial charge in [-0.05, 0) is 49.4 Å². The van der Waals surface area contributed by atoms with Crippen molar-refractivity contribution in [1.82, 2.24) is 10.6 Å². The fraction of sp³-hybridized carbons (Fsp3) is 0.316. The van der Waals surface area contributed by atoms with Gasteiger partial charge in [-0.2, -0.15) is 0 Å². The lowest BCUT2D eigenvalue weighted by molar-refractivity contribution is 0.0954. The Hall–Kier alpha value is -2.58. The largest absolute Gasteiger partial charge is 0.495 e. The van der Waals surface area contributed by atoms with Crippen molar-refractivity contribution >= 4 is 21.6 Å². The molecule has 1 amide bonds. The summed E-state index contributed by atoms with van der Waals surface area (Å²) in [7, 11) is -2.32. The van der Waals surface area contributed by atoms with Crippen molar-refractivity contribution in [2.45, 2.75) is 18.2 Å². The Morgan fingerprint density at radius 1 is 1.00 bits per heavy atom. The van der Waals surface area contributed by atoms with E-state index in [1.54, 1.807) is 24.3 Å². The summed E-state index contributed by atoms with van der Waals surface area (Å²) in [6.07, 6.45) is 1.03. The number of ether oxygens (including phenoxy) is 1. The van der Waals surface area contributed by atoms with E-state index in [1.165, 1.54) is 31.4 Å². The summed E-state index contributed by atoms with van der Waals surface area (Å²) in [5.41, 5.74) is 0.753. The minimum atomic E-state index is -3.79. The van der Waals surface area contributed by atoms with Gasteiger partial charge in [-0.3, -0.25) is 9.52 Å². The molecule has 0 aromatic heterocycles. The molecule has 146 valence electrons. The highest BCUT2D eigenvalue weighted by Crippen LogP contribution is 2.26. The van der Waals surface area contributed by atoms with Crippen LogP contribution in [-0.4, -0.2) is 41.1 Å². The molecule has 27 heavy (non-hydrogen) atoms. The Kier molecular flexibility index (Phi) is 7.63. The number of carbonyl (C=O) groups excluding carboxylic acids is 1. The van der Waals surface area contributed by atoms with Crippen molar-refractivity contribution in [2.24, 2.45) is 0 Å². The highest BCUT2D eigenvalue weighted by molar-refractivity contribution is 7.92. The summed E-state index contributed by atoms with van der Waals surface area (Å²) < 4.78 is 32.7. The zero-order chi connectivity index (χ0) is 19.7. The Balaban J connectivity index is 2.02. The normalized spacial score (nSPS) is 11.0. The molecule has 0 saturated carbocycles. The molecule has 2 rings (SSSR count). The Bertz CT molecular complexity index is 852. The SMILES string of the molecule is CCCNCCNC(=O)c1ccc(S(=O)(=O)Nc2ccccc2OC)cc1. The van der Waals surface area contributed by atoms with Gasteiger partial charge in [-0.25, -0.2) is 8.42 Å². The molecule has 0 aliphatic heterocycles. The third kappa shape index (κ3) is 5.97. The van der Waals surface area contributed by atoms with E-state index in [0.717, 1.165) is 13.0 Å². The van der Waals surface area contributed by atoms with Crippen molar-refractivity contribution < 1.29 is 17.9 Å². The van der Waals surface area contributed by atoms with Crippen molar-refractivity contribution in [3.05, 3.63) is 54.1 Å². The predicted octanol–water partition coefficient (Wildman–Crippen LogP) is 2.23. The van der Waals surface area contributed by atoms with Crippen LogP contribution in [0, 0.1) is 0 Å². The smallest absolute Gasteiger partial charge is 0.262 e. The van der Waals surface area contributed by atoms with Crippen LogP contribution in [0.25, 0.3) is 0 Å². The molecule has 0 unspecified atom stereocenters. The number of sulfonamides is 1. The lowest BCUT2D eigenvalue weighted by Gasteiger charge is -2.12. The van der Waals surface area contributed by atoms with Crippen LogP contribution in [0.5, 0.6) is 5.75 Å². The summed E-state index contributed by atoms with van der Waals surface area (Å²) in [6.45, 7) is 4.18. The summed E-state index contributed by atoms with van der Waals surface area (Å²) in [6, 6.07) is 12.5. The lowest BCUT2D eigenvalue weighted by Crippen LogP contribution is -2.32. The maximum Gasteiger partial charge on any atom is 0.262 e. The Labute approximate surface area is 160 Å². The molecule has 0 aliphatic rings. The van der Waals surface area contributed by atoms with E-state index >= 15 is 0 Å². The Morgan fingerprint density at radius 3 is 2.37 bits per heavy atom. The van der Waals surface area contributed by atoms with E-state index < -0.39 is 10.0 Å². The van der Waals surface area contributed by atoms with Gasteiger partial charge in [0.25, 0.3) is 15.9 Å². The number of anilines is 1. The van der Waals surface area contributed by atoms with E-state index in [-0.39, 0.29) is 10.8 Å². The topological polar surface area (TPSA) is 96.5 Å². The second-order valence-corrected chi connectivity index (χ2v) is 7.52. The van der Waals surface area contributed by atoms with Crippen molar-refractivity contribution in [2.75, 3.05) is 31.5 Å². The van der Waals surface area contributed by atoms with Crippen LogP contribution in [0.2, 0.25) is 0 Å². The fourth-order valence-electron chi connectivity index (χ4n) is 2.39. The zero-order valence-electron chi connectivity index (χ0n) is 15.5. The van der Waals surface area contributed by atoms with E-state index in [2.05, 4.69) is 22.3 Å². The molecule has 0 fully saturated rings. The number of rotatable bonds is 10.